The van der Waals surface area contributed by atoms with Gasteiger partial charge in [0.15, 0.2) is 0 Å². The first-order valence-electron chi connectivity index (χ1n) is 4.77. The molecule has 0 aromatic carbocycles. The third-order valence-corrected chi connectivity index (χ3v) is 3.36. The van der Waals surface area contributed by atoms with Gasteiger partial charge in [-0.05, 0) is 4.92 Å². The van der Waals surface area contributed by atoms with Crippen LogP contribution in [0.1, 0.15) is 0 Å². The summed E-state index contributed by atoms with van der Waals surface area (Å²) < 4.78 is 1.50. The number of hydrogen-bond acceptors (Lipinski definition) is 6. The zero-order valence-electron chi connectivity index (χ0n) is 8.24. The first-order valence-corrected chi connectivity index (χ1v) is 5.65. The Morgan fingerprint density at radius 2 is 2.38 bits per heavy atom. The number of nitrogens with zero attached hydrogens (tertiary/aromatic N) is 4. The van der Waals surface area contributed by atoms with E-state index in [-0.39, 0.29) is 11.9 Å². The highest BCUT2D eigenvalue weighted by Crippen LogP contribution is 2.32. The predicted octanol–water partition coefficient (Wildman–Crippen LogP) is 0.451. The second kappa shape index (κ2) is 3.16. The van der Waals surface area contributed by atoms with E-state index in [0.717, 1.165) is 0 Å². The maximum atomic E-state index is 11.0. The Balaban J connectivity index is 2.12. The number of aromatic nitrogens is 2. The Bertz CT molecular complexity index is 556. The molecule has 16 heavy (non-hydrogen) atoms. The third kappa shape index (κ3) is 1.20. The van der Waals surface area contributed by atoms with Gasteiger partial charge in [0.25, 0.3) is 4.96 Å². The molecule has 0 amide bonds. The van der Waals surface area contributed by atoms with Crippen LogP contribution < -0.4 is 10.6 Å². The summed E-state index contributed by atoms with van der Waals surface area (Å²) in [6, 6.07) is 0.0966. The number of nitro groups is 1. The minimum Gasteiger partial charge on any atom is -0.358 e. The van der Waals surface area contributed by atoms with Crippen molar-refractivity contribution in [1.29, 1.82) is 0 Å². The summed E-state index contributed by atoms with van der Waals surface area (Å²) in [6.45, 7) is 1.26. The number of thiazole rings is 1. The van der Waals surface area contributed by atoms with Crippen molar-refractivity contribution >= 4 is 27.9 Å². The van der Waals surface area contributed by atoms with Crippen LogP contribution in [0.2, 0.25) is 0 Å². The molecule has 3 heterocycles. The van der Waals surface area contributed by atoms with Crippen LogP contribution in [0, 0.1) is 10.1 Å². The van der Waals surface area contributed by atoms with E-state index >= 15 is 0 Å². The zero-order valence-corrected chi connectivity index (χ0v) is 9.05. The number of hydrogen-bond donors (Lipinski definition) is 1. The molecule has 8 heteroatoms. The predicted molar refractivity (Wildman–Crippen MR) is 59.9 cm³/mol. The van der Waals surface area contributed by atoms with Gasteiger partial charge >= 0.3 is 5.82 Å². The fourth-order valence-corrected chi connectivity index (χ4v) is 2.53. The van der Waals surface area contributed by atoms with E-state index in [2.05, 4.69) is 4.98 Å². The van der Waals surface area contributed by atoms with E-state index in [9.17, 15) is 10.1 Å². The Morgan fingerprint density at radius 1 is 1.62 bits per heavy atom. The Labute approximate surface area is 94.3 Å². The first-order chi connectivity index (χ1) is 7.66. The van der Waals surface area contributed by atoms with Gasteiger partial charge in [-0.2, -0.15) is 9.38 Å². The molecule has 1 fully saturated rings. The van der Waals surface area contributed by atoms with Gasteiger partial charge in [0.05, 0.1) is 0 Å². The number of fused-ring (bicyclic) bond motifs is 1. The summed E-state index contributed by atoms with van der Waals surface area (Å²) >= 11 is 1.38. The van der Waals surface area contributed by atoms with Crippen LogP contribution >= 0.6 is 11.3 Å². The molecule has 0 saturated carbocycles. The Morgan fingerprint density at radius 3 is 3.00 bits per heavy atom. The third-order valence-electron chi connectivity index (χ3n) is 2.60. The fourth-order valence-electron chi connectivity index (χ4n) is 1.83. The second-order valence-corrected chi connectivity index (χ2v) is 4.61. The second-order valence-electron chi connectivity index (χ2n) is 3.74. The molecule has 7 nitrogen and oxygen atoms in total. The fraction of sp³-hybridized carbons (Fsp3) is 0.375. The summed E-state index contributed by atoms with van der Waals surface area (Å²) in [5.41, 5.74) is 5.66. The molecule has 0 radical (unpaired) electrons. The van der Waals surface area contributed by atoms with Crippen LogP contribution in [0.15, 0.2) is 11.6 Å². The molecule has 2 N–H and O–H groups in total. The maximum Gasteiger partial charge on any atom is 0.373 e. The summed E-state index contributed by atoms with van der Waals surface area (Å²) in [4.78, 5) is 17.4. The van der Waals surface area contributed by atoms with Gasteiger partial charge in [0.1, 0.15) is 6.20 Å². The minimum atomic E-state index is -0.397. The van der Waals surface area contributed by atoms with E-state index in [1.165, 1.54) is 15.7 Å². The Kier molecular flexibility index (Phi) is 1.88. The SMILES string of the molecule is NC1CN(c2nc3sccn3c2[N+](=O)[O-])C1. The number of anilines is 1. The molecule has 0 bridgehead atoms. The van der Waals surface area contributed by atoms with Crippen LogP contribution in [-0.2, 0) is 0 Å². The van der Waals surface area contributed by atoms with Crippen molar-refractivity contribution in [3.8, 4) is 0 Å². The van der Waals surface area contributed by atoms with Crippen LogP contribution in [0.25, 0.3) is 4.96 Å². The molecule has 0 aliphatic carbocycles. The minimum absolute atomic E-state index is 0.0307. The topological polar surface area (TPSA) is 89.7 Å². The largest absolute Gasteiger partial charge is 0.373 e. The van der Waals surface area contributed by atoms with Crippen molar-refractivity contribution in [1.82, 2.24) is 9.38 Å². The van der Waals surface area contributed by atoms with Crippen molar-refractivity contribution in [2.45, 2.75) is 6.04 Å². The summed E-state index contributed by atoms with van der Waals surface area (Å²) in [5, 5.41) is 12.8. The van der Waals surface area contributed by atoms with Gasteiger partial charge in [-0.25, -0.2) is 0 Å². The van der Waals surface area contributed by atoms with Gasteiger partial charge in [0, 0.05) is 24.5 Å². The van der Waals surface area contributed by atoms with Crippen molar-refractivity contribution in [2.24, 2.45) is 5.73 Å². The normalized spacial score (nSPS) is 16.7. The van der Waals surface area contributed by atoms with Crippen LogP contribution in [0.4, 0.5) is 11.6 Å². The lowest BCUT2D eigenvalue weighted by Crippen LogP contribution is -2.56. The van der Waals surface area contributed by atoms with Crippen LogP contribution in [-0.4, -0.2) is 33.4 Å². The highest BCUT2D eigenvalue weighted by Gasteiger charge is 2.33. The van der Waals surface area contributed by atoms with Crippen molar-refractivity contribution in [2.75, 3.05) is 18.0 Å². The molecule has 2 aromatic rings. The lowest BCUT2D eigenvalue weighted by molar-refractivity contribution is -0.389. The van der Waals surface area contributed by atoms with E-state index in [1.54, 1.807) is 11.6 Å². The van der Waals surface area contributed by atoms with E-state index < -0.39 is 4.92 Å². The number of nitrogens with two attached hydrogens (primary N) is 1. The van der Waals surface area contributed by atoms with Gasteiger partial charge in [-0.1, -0.05) is 11.3 Å². The van der Waals surface area contributed by atoms with Crippen molar-refractivity contribution in [3.05, 3.63) is 21.7 Å². The number of imidazole rings is 1. The molecular formula is C8H9N5O2S. The average molecular weight is 239 g/mol. The summed E-state index contributed by atoms with van der Waals surface area (Å²) in [6.07, 6.45) is 1.66. The van der Waals surface area contributed by atoms with Crippen molar-refractivity contribution in [3.63, 3.8) is 0 Å². The summed E-state index contributed by atoms with van der Waals surface area (Å²) in [5.74, 6) is 0.460. The summed E-state index contributed by atoms with van der Waals surface area (Å²) in [7, 11) is 0. The van der Waals surface area contributed by atoms with E-state index in [0.29, 0.717) is 23.9 Å². The molecule has 1 saturated heterocycles. The highest BCUT2D eigenvalue weighted by molar-refractivity contribution is 7.15. The zero-order chi connectivity index (χ0) is 11.3. The molecule has 3 rings (SSSR count). The molecule has 1 aliphatic heterocycles. The monoisotopic (exact) mass is 239 g/mol. The molecule has 0 spiro atoms. The maximum absolute atomic E-state index is 11.0. The molecule has 0 atom stereocenters. The van der Waals surface area contributed by atoms with E-state index in [4.69, 9.17) is 5.73 Å². The van der Waals surface area contributed by atoms with Crippen LogP contribution in [0.3, 0.4) is 0 Å². The molecule has 1 aliphatic rings. The number of rotatable bonds is 2. The lowest BCUT2D eigenvalue weighted by Gasteiger charge is -2.36. The van der Waals surface area contributed by atoms with Crippen LogP contribution in [0.5, 0.6) is 0 Å². The molecule has 84 valence electrons. The highest BCUT2D eigenvalue weighted by atomic mass is 32.1. The average Bonchev–Trinajstić information content (AvgIpc) is 2.69. The van der Waals surface area contributed by atoms with Gasteiger partial charge in [-0.3, -0.25) is 0 Å². The molecule has 0 unspecified atom stereocenters. The van der Waals surface area contributed by atoms with Gasteiger partial charge in [-0.15, -0.1) is 0 Å². The smallest absolute Gasteiger partial charge is 0.358 e. The van der Waals surface area contributed by atoms with E-state index in [1.807, 2.05) is 4.90 Å². The van der Waals surface area contributed by atoms with Gasteiger partial charge < -0.3 is 20.7 Å². The quantitative estimate of drug-likeness (QED) is 0.607. The standard InChI is InChI=1S/C8H9N5O2S/c9-5-3-11(4-5)6-7(13(14)15)12-1-2-16-8(12)10-6/h1-2,5H,3-4,9H2. The Hall–Kier alpha value is -1.67. The first kappa shape index (κ1) is 9.55. The van der Waals surface area contributed by atoms with Gasteiger partial charge in [0.2, 0.25) is 5.82 Å². The van der Waals surface area contributed by atoms with Crippen molar-refractivity contribution < 1.29 is 4.92 Å². The lowest BCUT2D eigenvalue weighted by atomic mass is 10.1. The molecular weight excluding hydrogens is 230 g/mol. The molecule has 2 aromatic heterocycles.